The van der Waals surface area contributed by atoms with Gasteiger partial charge in [0.1, 0.15) is 6.17 Å². The van der Waals surface area contributed by atoms with Gasteiger partial charge in [-0.1, -0.05) is 0 Å². The van der Waals surface area contributed by atoms with Crippen molar-refractivity contribution in [3.8, 4) is 0 Å². The van der Waals surface area contributed by atoms with Crippen molar-refractivity contribution in [3.63, 3.8) is 0 Å². The lowest BCUT2D eigenvalue weighted by molar-refractivity contribution is -0.664. The van der Waals surface area contributed by atoms with E-state index in [0.29, 0.717) is 0 Å². The van der Waals surface area contributed by atoms with Crippen LogP contribution in [0.25, 0.3) is 0 Å². The number of rotatable bonds is 0. The Hall–Kier alpha value is 0.180. The molecule has 0 aliphatic carbocycles. The summed E-state index contributed by atoms with van der Waals surface area (Å²) in [6, 6.07) is 0. The van der Waals surface area contributed by atoms with E-state index in [9.17, 15) is 4.39 Å². The lowest BCUT2D eigenvalue weighted by Gasteiger charge is -2.11. The van der Waals surface area contributed by atoms with Crippen molar-refractivity contribution in [2.75, 3.05) is 13.1 Å². The van der Waals surface area contributed by atoms with Crippen LogP contribution in [0, 0.1) is 0 Å². The van der Waals surface area contributed by atoms with Crippen molar-refractivity contribution in [2.24, 2.45) is 0 Å². The molecule has 0 aromatic carbocycles. The summed E-state index contributed by atoms with van der Waals surface area (Å²) in [6.07, 6.45) is 1.03. The van der Waals surface area contributed by atoms with Crippen molar-refractivity contribution in [1.29, 1.82) is 0 Å². The number of quaternary nitrogens is 1. The highest BCUT2D eigenvalue weighted by molar-refractivity contribution is 4.55. The molecule has 0 saturated carbocycles. The molecule has 50 valence electrons. The third-order valence-corrected chi connectivity index (χ3v) is 1.37. The average molecular weight is 140 g/mol. The Bertz CT molecular complexity index is 54.4. The second-order valence-electron chi connectivity index (χ2n) is 2.04. The fourth-order valence-corrected chi connectivity index (χ4v) is 0.886. The first-order valence-electron chi connectivity index (χ1n) is 2.85. The molecular formula is C5H11ClFN. The van der Waals surface area contributed by atoms with Gasteiger partial charge in [-0.2, -0.15) is 0 Å². The molecule has 0 amide bonds. The van der Waals surface area contributed by atoms with Gasteiger partial charge in [-0.25, -0.2) is 4.39 Å². The zero-order valence-electron chi connectivity index (χ0n) is 4.74. The molecule has 0 bridgehead atoms. The van der Waals surface area contributed by atoms with Crippen molar-refractivity contribution >= 4 is 0 Å². The Morgan fingerprint density at radius 2 is 1.75 bits per heavy atom. The highest BCUT2D eigenvalue weighted by Gasteiger charge is 2.12. The van der Waals surface area contributed by atoms with Gasteiger partial charge >= 0.3 is 0 Å². The van der Waals surface area contributed by atoms with Crippen LogP contribution >= 0.6 is 0 Å². The lowest BCUT2D eigenvalue weighted by atomic mass is 10.1. The van der Waals surface area contributed by atoms with Gasteiger partial charge in [-0.3, -0.25) is 0 Å². The molecule has 8 heavy (non-hydrogen) atoms. The summed E-state index contributed by atoms with van der Waals surface area (Å²) < 4.78 is 12.2. The summed E-state index contributed by atoms with van der Waals surface area (Å²) >= 11 is 0. The molecule has 1 rings (SSSR count). The Labute approximate surface area is 55.1 Å². The van der Waals surface area contributed by atoms with E-state index >= 15 is 0 Å². The van der Waals surface area contributed by atoms with Crippen molar-refractivity contribution < 1.29 is 22.1 Å². The number of alkyl halides is 1. The Balaban J connectivity index is 0.000000490. The second-order valence-corrected chi connectivity index (χ2v) is 2.04. The molecule has 0 unspecified atom stereocenters. The molecular weight excluding hydrogens is 129 g/mol. The van der Waals surface area contributed by atoms with E-state index < -0.39 is 6.17 Å². The maximum absolute atomic E-state index is 12.2. The van der Waals surface area contributed by atoms with Crippen LogP contribution in [-0.4, -0.2) is 19.3 Å². The topological polar surface area (TPSA) is 16.6 Å². The van der Waals surface area contributed by atoms with Gasteiger partial charge in [0, 0.05) is 12.8 Å². The van der Waals surface area contributed by atoms with Gasteiger partial charge in [0.2, 0.25) is 0 Å². The molecule has 0 aromatic heterocycles. The summed E-state index contributed by atoms with van der Waals surface area (Å²) in [6.45, 7) is 1.97. The largest absolute Gasteiger partial charge is 1.00 e. The third kappa shape index (κ3) is 2.48. The van der Waals surface area contributed by atoms with Gasteiger partial charge in [0.15, 0.2) is 0 Å². The number of halogens is 2. The lowest BCUT2D eigenvalue weighted by Crippen LogP contribution is -3.00. The standard InChI is InChI=1S/C5H10FN.ClH/c6-5-1-3-7-4-2-5;/h5,7H,1-4H2;1H. The van der Waals surface area contributed by atoms with Crippen LogP contribution < -0.4 is 17.7 Å². The molecule has 3 heteroatoms. The molecule has 0 aromatic rings. The summed E-state index contributed by atoms with van der Waals surface area (Å²) in [5.41, 5.74) is 0. The van der Waals surface area contributed by atoms with Gasteiger partial charge < -0.3 is 17.7 Å². The summed E-state index contributed by atoms with van der Waals surface area (Å²) in [5, 5.41) is 2.16. The van der Waals surface area contributed by atoms with Crippen molar-refractivity contribution in [1.82, 2.24) is 0 Å². The normalized spacial score (nSPS) is 22.1. The van der Waals surface area contributed by atoms with E-state index in [2.05, 4.69) is 5.32 Å². The SMILES string of the molecule is FC1CC[NH2+]CC1.[Cl-]. The zero-order valence-corrected chi connectivity index (χ0v) is 5.49. The second kappa shape index (κ2) is 4.10. The van der Waals surface area contributed by atoms with Crippen LogP contribution in [0.15, 0.2) is 0 Å². The molecule has 0 atom stereocenters. The predicted octanol–water partition coefficient (Wildman–Crippen LogP) is -3.31. The van der Waals surface area contributed by atoms with Crippen LogP contribution in [0.5, 0.6) is 0 Å². The van der Waals surface area contributed by atoms with Gasteiger partial charge in [0.05, 0.1) is 13.1 Å². The Kier molecular flexibility index (Phi) is 4.19. The number of hydrogen-bond donors (Lipinski definition) is 1. The van der Waals surface area contributed by atoms with Crippen LogP contribution in [0.3, 0.4) is 0 Å². The zero-order chi connectivity index (χ0) is 5.11. The predicted molar refractivity (Wildman–Crippen MR) is 25.8 cm³/mol. The highest BCUT2D eigenvalue weighted by atomic mass is 35.5. The minimum Gasteiger partial charge on any atom is -1.00 e. The van der Waals surface area contributed by atoms with E-state index in [1.165, 1.54) is 0 Å². The van der Waals surface area contributed by atoms with E-state index in [-0.39, 0.29) is 12.4 Å². The monoisotopic (exact) mass is 139 g/mol. The summed E-state index contributed by atoms with van der Waals surface area (Å²) in [7, 11) is 0. The number of nitrogens with two attached hydrogens (primary N) is 1. The van der Waals surface area contributed by atoms with E-state index in [0.717, 1.165) is 25.9 Å². The van der Waals surface area contributed by atoms with Crippen LogP contribution in [0.1, 0.15) is 12.8 Å². The van der Waals surface area contributed by atoms with Gasteiger partial charge in [-0.15, -0.1) is 0 Å². The molecule has 1 saturated heterocycles. The molecule has 0 spiro atoms. The average Bonchev–Trinajstić information content (AvgIpc) is 1.69. The fourth-order valence-electron chi connectivity index (χ4n) is 0.886. The summed E-state index contributed by atoms with van der Waals surface area (Å²) in [5.74, 6) is 0. The highest BCUT2D eigenvalue weighted by Crippen LogP contribution is 2.01. The van der Waals surface area contributed by atoms with Crippen molar-refractivity contribution in [3.05, 3.63) is 0 Å². The molecule has 1 heterocycles. The minimum absolute atomic E-state index is 0. The van der Waals surface area contributed by atoms with E-state index in [1.54, 1.807) is 0 Å². The quantitative estimate of drug-likeness (QED) is 0.362. The van der Waals surface area contributed by atoms with Crippen LogP contribution in [0.4, 0.5) is 4.39 Å². The van der Waals surface area contributed by atoms with Crippen LogP contribution in [-0.2, 0) is 0 Å². The molecule has 0 radical (unpaired) electrons. The fraction of sp³-hybridized carbons (Fsp3) is 1.00. The molecule has 1 nitrogen and oxygen atoms in total. The first-order chi connectivity index (χ1) is 3.39. The Morgan fingerprint density at radius 3 is 2.00 bits per heavy atom. The minimum atomic E-state index is -0.495. The molecule has 2 N–H and O–H groups in total. The van der Waals surface area contributed by atoms with Crippen LogP contribution in [0.2, 0.25) is 0 Å². The maximum Gasteiger partial charge on any atom is 0.111 e. The van der Waals surface area contributed by atoms with Gasteiger partial charge in [-0.05, 0) is 0 Å². The van der Waals surface area contributed by atoms with Crippen molar-refractivity contribution in [2.45, 2.75) is 19.0 Å². The third-order valence-electron chi connectivity index (χ3n) is 1.37. The first-order valence-corrected chi connectivity index (χ1v) is 2.85. The number of hydrogen-bond acceptors (Lipinski definition) is 0. The van der Waals surface area contributed by atoms with E-state index in [1.807, 2.05) is 0 Å². The maximum atomic E-state index is 12.2. The molecule has 1 fully saturated rings. The van der Waals surface area contributed by atoms with E-state index in [4.69, 9.17) is 0 Å². The first kappa shape index (κ1) is 8.18. The number of piperidine rings is 1. The van der Waals surface area contributed by atoms with Gasteiger partial charge in [0.25, 0.3) is 0 Å². The smallest absolute Gasteiger partial charge is 0.111 e. The molecule has 1 aliphatic heterocycles. The summed E-state index contributed by atoms with van der Waals surface area (Å²) in [4.78, 5) is 0. The Morgan fingerprint density at radius 1 is 1.25 bits per heavy atom. The molecule has 1 aliphatic rings.